The standard InChI is InChI=1S/C54H62N4O14/c1-5-23-57(52(61)36-15-21-46-48(28-36)68-33-67-46)49-31-44(56-70-32-34-13-16-37(17-14-34)58(63)64)41-27-35(11-7-9-24-59)40(12-8-10-25-60)50-42-29-39(19-22-45(42)72-54(49,51(41)50)69-26-6-2)71-53(62)55-43-20-18-38(65-3)30-47(43)66-4/h6,13-22,27-30,35,40,49-51,59-60H,2,5,7-12,23-26,31-33H2,1,3-4H3,(H,55,62). The summed E-state index contributed by atoms with van der Waals surface area (Å²) in [5, 5.41) is 39.2. The summed E-state index contributed by atoms with van der Waals surface area (Å²) in [6.45, 7) is 6.43. The predicted molar refractivity (Wildman–Crippen MR) is 266 cm³/mol. The van der Waals surface area contributed by atoms with E-state index in [-0.39, 0.29) is 68.8 Å². The van der Waals surface area contributed by atoms with Crippen molar-refractivity contribution in [3.8, 4) is 34.5 Å². The van der Waals surface area contributed by atoms with E-state index in [4.69, 9.17) is 43.2 Å². The van der Waals surface area contributed by atoms with Crippen molar-refractivity contribution in [2.45, 2.75) is 82.6 Å². The first-order valence-corrected chi connectivity index (χ1v) is 24.4. The van der Waals surface area contributed by atoms with E-state index in [1.807, 2.05) is 13.0 Å². The number of rotatable bonds is 23. The number of nitrogens with one attached hydrogen (secondary N) is 1. The van der Waals surface area contributed by atoms with Crippen LogP contribution in [-0.2, 0) is 16.2 Å². The molecular formula is C54H62N4O14. The number of allylic oxidation sites excluding steroid dienone is 1. The van der Waals surface area contributed by atoms with Gasteiger partial charge in [-0.25, -0.2) is 4.79 Å². The topological polar surface area (TPSA) is 219 Å². The molecule has 18 nitrogen and oxygen atoms in total. The van der Waals surface area contributed by atoms with Crippen molar-refractivity contribution in [2.75, 3.05) is 52.7 Å². The summed E-state index contributed by atoms with van der Waals surface area (Å²) < 4.78 is 42.7. The first-order chi connectivity index (χ1) is 35.1. The van der Waals surface area contributed by atoms with Crippen molar-refractivity contribution in [3.63, 3.8) is 0 Å². The van der Waals surface area contributed by atoms with Gasteiger partial charge >= 0.3 is 6.09 Å². The number of hydrogen-bond acceptors (Lipinski definition) is 15. The van der Waals surface area contributed by atoms with Gasteiger partial charge in [-0.1, -0.05) is 37.1 Å². The van der Waals surface area contributed by atoms with Gasteiger partial charge in [0.15, 0.2) is 11.5 Å². The number of unbranched alkanes of at least 4 members (excludes halogenated alkanes) is 2. The number of methoxy groups -OCH3 is 2. The van der Waals surface area contributed by atoms with Crippen molar-refractivity contribution < 1.29 is 62.7 Å². The Balaban J connectivity index is 1.28. The number of carbonyl (C=O) groups excluding carboxylic acids is 2. The van der Waals surface area contributed by atoms with Crippen LogP contribution in [0.4, 0.5) is 16.2 Å². The van der Waals surface area contributed by atoms with Gasteiger partial charge in [0.05, 0.1) is 43.1 Å². The van der Waals surface area contributed by atoms with Gasteiger partial charge in [0.25, 0.3) is 11.6 Å². The zero-order valence-electron chi connectivity index (χ0n) is 40.8. The first-order valence-electron chi connectivity index (χ1n) is 24.4. The van der Waals surface area contributed by atoms with Gasteiger partial charge in [0, 0.05) is 61.4 Å². The normalized spacial score (nSPS) is 21.8. The van der Waals surface area contributed by atoms with Crippen LogP contribution in [0.25, 0.3) is 0 Å². The number of benzene rings is 4. The van der Waals surface area contributed by atoms with Gasteiger partial charge in [0.2, 0.25) is 12.6 Å². The van der Waals surface area contributed by atoms with E-state index < -0.39 is 34.7 Å². The Labute approximate surface area is 418 Å². The quantitative estimate of drug-likeness (QED) is 0.0273. The molecule has 2 amide bonds. The third-order valence-electron chi connectivity index (χ3n) is 13.8. The number of oxime groups is 1. The Morgan fingerprint density at radius 2 is 1.68 bits per heavy atom. The highest BCUT2D eigenvalue weighted by atomic mass is 16.7. The van der Waals surface area contributed by atoms with Crippen molar-refractivity contribution in [3.05, 3.63) is 130 Å². The third kappa shape index (κ3) is 10.9. The van der Waals surface area contributed by atoms with Crippen LogP contribution >= 0.6 is 0 Å². The van der Waals surface area contributed by atoms with Crippen molar-refractivity contribution in [1.29, 1.82) is 0 Å². The molecule has 1 saturated carbocycles. The zero-order chi connectivity index (χ0) is 50.8. The molecule has 3 N–H and O–H groups in total. The summed E-state index contributed by atoms with van der Waals surface area (Å²) >= 11 is 0. The molecule has 0 spiro atoms. The van der Waals surface area contributed by atoms with Crippen LogP contribution in [0.2, 0.25) is 0 Å². The molecule has 382 valence electrons. The molecule has 4 aromatic rings. The summed E-state index contributed by atoms with van der Waals surface area (Å²) in [6.07, 6.45) is 7.77. The molecular weight excluding hydrogens is 929 g/mol. The van der Waals surface area contributed by atoms with Gasteiger partial charge in [0.1, 0.15) is 35.6 Å². The van der Waals surface area contributed by atoms with Crippen LogP contribution in [0.1, 0.15) is 85.7 Å². The van der Waals surface area contributed by atoms with Crippen LogP contribution in [0, 0.1) is 27.9 Å². The maximum absolute atomic E-state index is 15.2. The van der Waals surface area contributed by atoms with E-state index in [9.17, 15) is 25.1 Å². The molecule has 0 bridgehead atoms. The smallest absolute Gasteiger partial charge is 0.417 e. The van der Waals surface area contributed by atoms with Gasteiger partial charge in [-0.05, 0) is 116 Å². The number of aliphatic hydroxyl groups excluding tert-OH is 2. The van der Waals surface area contributed by atoms with E-state index in [0.29, 0.717) is 96.3 Å². The van der Waals surface area contributed by atoms with E-state index in [0.717, 1.165) is 17.6 Å². The second-order valence-corrected chi connectivity index (χ2v) is 18.1. The minimum absolute atomic E-state index is 0.00530. The number of non-ortho nitro benzene ring substituents is 1. The Morgan fingerprint density at radius 1 is 0.931 bits per heavy atom. The lowest BCUT2D eigenvalue weighted by atomic mass is 9.55. The molecule has 4 aliphatic rings. The summed E-state index contributed by atoms with van der Waals surface area (Å²) in [5.74, 6) is -0.525. The number of amides is 2. The van der Waals surface area contributed by atoms with E-state index in [2.05, 4.69) is 18.0 Å². The van der Waals surface area contributed by atoms with Crippen molar-refractivity contribution in [1.82, 2.24) is 4.90 Å². The number of nitro benzene ring substituents is 1. The highest BCUT2D eigenvalue weighted by Crippen LogP contribution is 2.62. The summed E-state index contributed by atoms with van der Waals surface area (Å²) in [6, 6.07) is 20.6. The molecule has 0 saturated heterocycles. The number of ether oxygens (including phenoxy) is 7. The van der Waals surface area contributed by atoms with Crippen molar-refractivity contribution in [2.24, 2.45) is 22.9 Å². The summed E-state index contributed by atoms with van der Waals surface area (Å²) in [5.41, 5.74) is 3.44. The maximum Gasteiger partial charge on any atom is 0.417 e. The lowest BCUT2D eigenvalue weighted by molar-refractivity contribution is -0.384. The Morgan fingerprint density at radius 3 is 2.40 bits per heavy atom. The lowest BCUT2D eigenvalue weighted by Crippen LogP contribution is -2.70. The average Bonchev–Trinajstić information content (AvgIpc) is 3.87. The Kier molecular flexibility index (Phi) is 16.6. The molecule has 0 aromatic heterocycles. The summed E-state index contributed by atoms with van der Waals surface area (Å²) in [4.78, 5) is 47.9. The molecule has 4 aromatic carbocycles. The van der Waals surface area contributed by atoms with E-state index >= 15 is 4.79 Å². The monoisotopic (exact) mass is 990 g/mol. The Hall–Kier alpha value is -7.15. The lowest BCUT2D eigenvalue weighted by Gasteiger charge is -2.60. The molecule has 2 aliphatic carbocycles. The number of hydrogen-bond donors (Lipinski definition) is 3. The van der Waals surface area contributed by atoms with Gasteiger partial charge in [-0.3, -0.25) is 20.2 Å². The number of anilines is 1. The average molecular weight is 991 g/mol. The molecule has 1 fully saturated rings. The number of nitro groups is 1. The van der Waals surface area contributed by atoms with Crippen LogP contribution in [0.5, 0.6) is 34.5 Å². The number of nitrogens with zero attached hydrogens (tertiary/aromatic N) is 3. The van der Waals surface area contributed by atoms with Crippen LogP contribution in [0.15, 0.2) is 108 Å². The fraction of sp³-hybridized carbons (Fsp3) is 0.426. The number of aliphatic hydroxyl groups is 2. The Bertz CT molecular complexity index is 2660. The third-order valence-corrected chi connectivity index (χ3v) is 13.8. The highest BCUT2D eigenvalue weighted by Gasteiger charge is 2.65. The molecule has 8 rings (SSSR count). The zero-order valence-corrected chi connectivity index (χ0v) is 40.8. The van der Waals surface area contributed by atoms with Gasteiger partial charge in [-0.2, -0.15) is 0 Å². The number of fused-ring (bicyclic) bond motifs is 3. The molecule has 0 radical (unpaired) electrons. The first kappa shape index (κ1) is 51.2. The van der Waals surface area contributed by atoms with Crippen molar-refractivity contribution >= 4 is 29.1 Å². The highest BCUT2D eigenvalue weighted by molar-refractivity contribution is 6.03. The van der Waals surface area contributed by atoms with Gasteiger partial charge < -0.3 is 53.1 Å². The van der Waals surface area contributed by atoms with Crippen LogP contribution in [0.3, 0.4) is 0 Å². The summed E-state index contributed by atoms with van der Waals surface area (Å²) in [7, 11) is 3.02. The van der Waals surface area contributed by atoms with E-state index in [1.54, 1.807) is 71.6 Å². The fourth-order valence-electron chi connectivity index (χ4n) is 10.6. The molecule has 6 atom stereocenters. The largest absolute Gasteiger partial charge is 0.497 e. The second-order valence-electron chi connectivity index (χ2n) is 18.1. The maximum atomic E-state index is 15.2. The minimum Gasteiger partial charge on any atom is -0.497 e. The van der Waals surface area contributed by atoms with E-state index in [1.165, 1.54) is 26.4 Å². The predicted octanol–water partition coefficient (Wildman–Crippen LogP) is 9.34. The van der Waals surface area contributed by atoms with Gasteiger partial charge in [-0.15, -0.1) is 6.58 Å². The SMILES string of the molecule is C=CCOC12Oc3ccc(OC(=O)Nc4ccc(OC)cc4OC)cc3C3C(CCCCO)C(CCCCO)C=C(C(=NOCc4ccc([N+](=O)[O-])cc4)CC1N(CCC)C(=O)c1ccc4c(c1)OCO4)C32. The molecule has 2 heterocycles. The molecule has 18 heteroatoms. The molecule has 2 aliphatic heterocycles. The fourth-order valence-corrected chi connectivity index (χ4v) is 10.6. The molecule has 6 unspecified atom stereocenters. The van der Waals surface area contributed by atoms with Crippen LogP contribution < -0.4 is 33.7 Å². The minimum atomic E-state index is -1.56. The second kappa shape index (κ2) is 23.4. The number of carbonyl (C=O) groups is 2. The van der Waals surface area contributed by atoms with Crippen LogP contribution in [-0.4, -0.2) is 97.0 Å². The molecule has 72 heavy (non-hydrogen) atoms.